The first-order chi connectivity index (χ1) is 8.15. The summed E-state index contributed by atoms with van der Waals surface area (Å²) in [5, 5.41) is 0. The smallest absolute Gasteiger partial charge is 0.236 e. The van der Waals surface area contributed by atoms with Crippen molar-refractivity contribution in [2.75, 3.05) is 53.0 Å². The van der Waals surface area contributed by atoms with E-state index in [-0.39, 0.29) is 5.91 Å². The summed E-state index contributed by atoms with van der Waals surface area (Å²) >= 11 is 0. The van der Waals surface area contributed by atoms with Crippen molar-refractivity contribution in [3.63, 3.8) is 0 Å². The van der Waals surface area contributed by atoms with Gasteiger partial charge in [-0.1, -0.05) is 6.92 Å². The summed E-state index contributed by atoms with van der Waals surface area (Å²) < 4.78 is 5.29. The Kier molecular flexibility index (Phi) is 10.1. The first kappa shape index (κ1) is 16.4. The molecule has 0 aromatic heterocycles. The Bertz CT molecular complexity index is 200. The van der Waals surface area contributed by atoms with Gasteiger partial charge in [-0.25, -0.2) is 0 Å². The van der Waals surface area contributed by atoms with Crippen LogP contribution in [0.15, 0.2) is 0 Å². The summed E-state index contributed by atoms with van der Waals surface area (Å²) in [7, 11) is 1.83. The van der Waals surface area contributed by atoms with Crippen molar-refractivity contribution in [3.8, 4) is 0 Å². The maximum atomic E-state index is 11.9. The van der Waals surface area contributed by atoms with Gasteiger partial charge in [-0.15, -0.1) is 0 Å². The van der Waals surface area contributed by atoms with Gasteiger partial charge in [-0.05, 0) is 26.4 Å². The van der Waals surface area contributed by atoms with E-state index >= 15 is 0 Å². The number of carbonyl (C=O) groups excluding carboxylic acids is 1. The van der Waals surface area contributed by atoms with Crippen molar-refractivity contribution in [2.45, 2.75) is 20.3 Å². The third-order valence-corrected chi connectivity index (χ3v) is 2.69. The van der Waals surface area contributed by atoms with Crippen LogP contribution in [0.4, 0.5) is 0 Å². The summed E-state index contributed by atoms with van der Waals surface area (Å²) in [5.41, 5.74) is 5.42. The molecule has 0 aliphatic carbocycles. The van der Waals surface area contributed by atoms with Crippen LogP contribution in [0, 0.1) is 0 Å². The molecule has 0 aromatic carbocycles. The fraction of sp³-hybridized carbons (Fsp3) is 0.917. The molecule has 5 nitrogen and oxygen atoms in total. The van der Waals surface area contributed by atoms with Gasteiger partial charge in [-0.3, -0.25) is 9.69 Å². The molecular formula is C12H27N3O2. The first-order valence-corrected chi connectivity index (χ1v) is 6.39. The maximum Gasteiger partial charge on any atom is 0.236 e. The van der Waals surface area contributed by atoms with E-state index in [0.29, 0.717) is 19.7 Å². The quantitative estimate of drug-likeness (QED) is 0.557. The fourth-order valence-corrected chi connectivity index (χ4v) is 1.45. The van der Waals surface area contributed by atoms with E-state index in [9.17, 15) is 4.79 Å². The highest BCUT2D eigenvalue weighted by Gasteiger charge is 2.12. The van der Waals surface area contributed by atoms with Crippen LogP contribution in [0.1, 0.15) is 20.3 Å². The Balaban J connectivity index is 3.87. The van der Waals surface area contributed by atoms with Crippen molar-refractivity contribution in [1.82, 2.24) is 9.80 Å². The second kappa shape index (κ2) is 10.5. The summed E-state index contributed by atoms with van der Waals surface area (Å²) in [6.45, 7) is 8.93. The highest BCUT2D eigenvalue weighted by atomic mass is 16.5. The monoisotopic (exact) mass is 245 g/mol. The molecule has 102 valence electrons. The normalized spacial score (nSPS) is 10.9. The molecule has 0 bridgehead atoms. The van der Waals surface area contributed by atoms with Gasteiger partial charge < -0.3 is 15.4 Å². The lowest BCUT2D eigenvalue weighted by atomic mass is 10.3. The number of rotatable bonds is 10. The fourth-order valence-electron chi connectivity index (χ4n) is 1.45. The second-order valence-corrected chi connectivity index (χ2v) is 4.02. The molecule has 2 N–H and O–H groups in total. The molecule has 1 amide bonds. The number of amides is 1. The topological polar surface area (TPSA) is 58.8 Å². The van der Waals surface area contributed by atoms with Gasteiger partial charge >= 0.3 is 0 Å². The van der Waals surface area contributed by atoms with E-state index < -0.39 is 0 Å². The lowest BCUT2D eigenvalue weighted by Gasteiger charge is -2.23. The first-order valence-electron chi connectivity index (χ1n) is 6.39. The van der Waals surface area contributed by atoms with Crippen LogP contribution in [0.2, 0.25) is 0 Å². The Hall–Kier alpha value is -0.650. The lowest BCUT2D eigenvalue weighted by Crippen LogP contribution is -2.40. The molecule has 17 heavy (non-hydrogen) atoms. The molecule has 0 aromatic rings. The third kappa shape index (κ3) is 8.12. The van der Waals surface area contributed by atoms with E-state index in [1.165, 1.54) is 0 Å². The highest BCUT2D eigenvalue weighted by Crippen LogP contribution is 1.94. The van der Waals surface area contributed by atoms with Crippen LogP contribution in [0.25, 0.3) is 0 Å². The molecule has 5 heteroatoms. The number of hydrogen-bond acceptors (Lipinski definition) is 4. The second-order valence-electron chi connectivity index (χ2n) is 4.02. The molecular weight excluding hydrogens is 218 g/mol. The largest absolute Gasteiger partial charge is 0.380 e. The van der Waals surface area contributed by atoms with E-state index in [2.05, 4.69) is 11.8 Å². The summed E-state index contributed by atoms with van der Waals surface area (Å²) in [6, 6.07) is 0. The molecule has 0 fully saturated rings. The Labute approximate surface area is 105 Å². The van der Waals surface area contributed by atoms with Crippen molar-refractivity contribution in [3.05, 3.63) is 0 Å². The minimum Gasteiger partial charge on any atom is -0.380 e. The Morgan fingerprint density at radius 2 is 2.00 bits per heavy atom. The molecule has 0 saturated heterocycles. The molecule has 0 aliphatic heterocycles. The average molecular weight is 245 g/mol. The zero-order valence-electron chi connectivity index (χ0n) is 11.4. The number of ether oxygens (including phenoxy) is 1. The number of nitrogens with two attached hydrogens (primary N) is 1. The molecule has 0 saturated carbocycles. The van der Waals surface area contributed by atoms with Gasteiger partial charge in [0.15, 0.2) is 0 Å². The van der Waals surface area contributed by atoms with Crippen LogP contribution in [0.3, 0.4) is 0 Å². The van der Waals surface area contributed by atoms with Crippen molar-refractivity contribution in [1.29, 1.82) is 0 Å². The van der Waals surface area contributed by atoms with Gasteiger partial charge in [0.2, 0.25) is 5.91 Å². The SMILES string of the molecule is CCOCCN(CC)CC(=O)N(C)CCCN. The molecule has 0 heterocycles. The predicted molar refractivity (Wildman–Crippen MR) is 69.9 cm³/mol. The van der Waals surface area contributed by atoms with Crippen LogP contribution in [-0.4, -0.2) is 68.7 Å². The van der Waals surface area contributed by atoms with Gasteiger partial charge in [0.05, 0.1) is 13.2 Å². The van der Waals surface area contributed by atoms with E-state index in [1.807, 2.05) is 14.0 Å². The third-order valence-electron chi connectivity index (χ3n) is 2.69. The lowest BCUT2D eigenvalue weighted by molar-refractivity contribution is -0.131. The summed E-state index contributed by atoms with van der Waals surface area (Å²) in [4.78, 5) is 15.7. The number of hydrogen-bond donors (Lipinski definition) is 1. The van der Waals surface area contributed by atoms with Crippen LogP contribution in [0.5, 0.6) is 0 Å². The molecule has 0 radical (unpaired) electrons. The van der Waals surface area contributed by atoms with E-state index in [1.54, 1.807) is 4.90 Å². The maximum absolute atomic E-state index is 11.9. The van der Waals surface area contributed by atoms with Crippen LogP contribution < -0.4 is 5.73 Å². The Morgan fingerprint density at radius 1 is 1.29 bits per heavy atom. The van der Waals surface area contributed by atoms with Gasteiger partial charge in [0, 0.05) is 26.7 Å². The number of carbonyl (C=O) groups is 1. The zero-order chi connectivity index (χ0) is 13.1. The van der Waals surface area contributed by atoms with Gasteiger partial charge in [0.1, 0.15) is 0 Å². The highest BCUT2D eigenvalue weighted by molar-refractivity contribution is 5.77. The number of nitrogens with zero attached hydrogens (tertiary/aromatic N) is 2. The van der Waals surface area contributed by atoms with Crippen molar-refractivity contribution < 1.29 is 9.53 Å². The summed E-state index contributed by atoms with van der Waals surface area (Å²) in [5.74, 6) is 0.150. The standard InChI is InChI=1S/C12H27N3O2/c1-4-15(9-10-17-5-2)11-12(16)14(3)8-6-7-13/h4-11,13H2,1-3H3. The molecule has 0 aliphatic rings. The van der Waals surface area contributed by atoms with Crippen molar-refractivity contribution in [2.24, 2.45) is 5.73 Å². The zero-order valence-corrected chi connectivity index (χ0v) is 11.4. The molecule has 0 unspecified atom stereocenters. The van der Waals surface area contributed by atoms with Crippen LogP contribution >= 0.6 is 0 Å². The minimum absolute atomic E-state index is 0.150. The van der Waals surface area contributed by atoms with E-state index in [4.69, 9.17) is 10.5 Å². The molecule has 0 rings (SSSR count). The van der Waals surface area contributed by atoms with Gasteiger partial charge in [-0.2, -0.15) is 0 Å². The van der Waals surface area contributed by atoms with Crippen LogP contribution in [-0.2, 0) is 9.53 Å². The average Bonchev–Trinajstić information content (AvgIpc) is 2.34. The predicted octanol–water partition coefficient (Wildman–Crippen LogP) is 0.152. The Morgan fingerprint density at radius 3 is 2.53 bits per heavy atom. The minimum atomic E-state index is 0.150. The van der Waals surface area contributed by atoms with Gasteiger partial charge in [0.25, 0.3) is 0 Å². The number of likely N-dealkylation sites (N-methyl/N-ethyl adjacent to an activating group) is 2. The van der Waals surface area contributed by atoms with Crippen molar-refractivity contribution >= 4 is 5.91 Å². The van der Waals surface area contributed by atoms with E-state index in [0.717, 1.165) is 32.7 Å². The summed E-state index contributed by atoms with van der Waals surface area (Å²) in [6.07, 6.45) is 0.854. The molecule has 0 atom stereocenters. The molecule has 0 spiro atoms.